The van der Waals surface area contributed by atoms with Crippen molar-refractivity contribution in [2.75, 3.05) is 5.75 Å². The van der Waals surface area contributed by atoms with Gasteiger partial charge in [0.1, 0.15) is 18.1 Å². The molecule has 0 spiro atoms. The fourth-order valence-electron chi connectivity index (χ4n) is 5.00. The molecule has 1 radical (unpaired) electrons. The number of aromatic amines is 1. The summed E-state index contributed by atoms with van der Waals surface area (Å²) in [5.74, 6) is -2.72. The van der Waals surface area contributed by atoms with Crippen molar-refractivity contribution in [3.8, 4) is 0 Å². The standard InChI is InChI=1S/C34H45N6O5S/c1-5-21(4)29(35)33(44)40-30(20(2)3)34(45)39-28(19-46)32(43)38-27(15-22-11-7-6-8-12-22)31(42)37-24(18-41)16-23-17-36-26-14-10-9-13-25(23)26/h6-14,17,20-21,24,27-30,36,46H,5,15-16,19,35H2,1-4H3,(H,37,42)(H,38,43)(H,39,45)(H,40,44)/t21-,24-,27-,28-,29-,30-/m0/s1. The van der Waals surface area contributed by atoms with E-state index in [2.05, 4.69) is 38.9 Å². The van der Waals surface area contributed by atoms with Crippen molar-refractivity contribution in [3.05, 3.63) is 71.9 Å². The molecule has 46 heavy (non-hydrogen) atoms. The SMILES string of the molecule is CC[C@H](C)[C@H](N)C(=O)N[C@H](C(=O)N[C@@H](CS)C(=O)N[C@@H](Cc1ccccc1)C(=O)N[C@H]([C]=O)Cc1c[nH]c2ccccc12)C(C)C. The van der Waals surface area contributed by atoms with E-state index in [1.54, 1.807) is 20.0 Å². The van der Waals surface area contributed by atoms with Crippen LogP contribution in [0.15, 0.2) is 60.8 Å². The van der Waals surface area contributed by atoms with Crippen LogP contribution in [0.2, 0.25) is 0 Å². The molecule has 6 atom stereocenters. The molecule has 12 heteroatoms. The summed E-state index contributed by atoms with van der Waals surface area (Å²) in [6, 6.07) is 11.8. The minimum atomic E-state index is -1.12. The fourth-order valence-corrected chi connectivity index (χ4v) is 5.26. The Morgan fingerprint density at radius 3 is 2.09 bits per heavy atom. The van der Waals surface area contributed by atoms with Crippen LogP contribution in [-0.4, -0.2) is 70.9 Å². The third-order valence-electron chi connectivity index (χ3n) is 8.10. The zero-order chi connectivity index (χ0) is 33.8. The number of hydrogen-bond donors (Lipinski definition) is 7. The Labute approximate surface area is 275 Å². The molecular formula is C34H45N6O5S. The number of H-pyrrole nitrogens is 1. The van der Waals surface area contributed by atoms with Crippen LogP contribution in [0.1, 0.15) is 45.2 Å². The van der Waals surface area contributed by atoms with E-state index in [-0.39, 0.29) is 30.4 Å². The molecule has 0 aliphatic carbocycles. The van der Waals surface area contributed by atoms with Gasteiger partial charge in [0.2, 0.25) is 29.9 Å². The minimum Gasteiger partial charge on any atom is -0.361 e. The Balaban J connectivity index is 1.74. The summed E-state index contributed by atoms with van der Waals surface area (Å²) in [7, 11) is 0. The second-order valence-corrected chi connectivity index (χ2v) is 12.2. The number of rotatable bonds is 17. The number of carbonyl (C=O) groups is 4. The lowest BCUT2D eigenvalue weighted by atomic mass is 9.97. The maximum absolute atomic E-state index is 13.6. The van der Waals surface area contributed by atoms with Gasteiger partial charge in [-0.3, -0.25) is 24.0 Å². The Bertz CT molecular complexity index is 1480. The highest BCUT2D eigenvalue weighted by molar-refractivity contribution is 7.80. The molecule has 1 aromatic heterocycles. The second kappa shape index (κ2) is 17.5. The van der Waals surface area contributed by atoms with Gasteiger partial charge in [0.05, 0.1) is 12.1 Å². The number of hydrogen-bond acceptors (Lipinski definition) is 7. The number of aromatic nitrogens is 1. The van der Waals surface area contributed by atoms with Gasteiger partial charge in [-0.1, -0.05) is 82.6 Å². The molecule has 1 heterocycles. The van der Waals surface area contributed by atoms with Crippen LogP contribution in [0.25, 0.3) is 10.9 Å². The van der Waals surface area contributed by atoms with Crippen LogP contribution >= 0.6 is 12.6 Å². The molecule has 2 aromatic carbocycles. The number of nitrogens with one attached hydrogen (secondary N) is 5. The third-order valence-corrected chi connectivity index (χ3v) is 8.46. The number of para-hydroxylation sites is 1. The van der Waals surface area contributed by atoms with Gasteiger partial charge in [-0.05, 0) is 29.0 Å². The van der Waals surface area contributed by atoms with Gasteiger partial charge >= 0.3 is 0 Å². The van der Waals surface area contributed by atoms with Gasteiger partial charge < -0.3 is 32.0 Å². The zero-order valence-corrected chi connectivity index (χ0v) is 27.6. The topological polar surface area (TPSA) is 175 Å². The zero-order valence-electron chi connectivity index (χ0n) is 26.7. The van der Waals surface area contributed by atoms with Gasteiger partial charge in [-0.2, -0.15) is 12.6 Å². The predicted octanol–water partition coefficient (Wildman–Crippen LogP) is 1.96. The molecule has 0 saturated carbocycles. The van der Waals surface area contributed by atoms with E-state index >= 15 is 0 Å². The molecule has 0 saturated heterocycles. The Morgan fingerprint density at radius 1 is 0.826 bits per heavy atom. The van der Waals surface area contributed by atoms with E-state index in [4.69, 9.17) is 5.73 Å². The Kier molecular flexibility index (Phi) is 13.8. The van der Waals surface area contributed by atoms with Crippen molar-refractivity contribution < 1.29 is 24.0 Å². The largest absolute Gasteiger partial charge is 0.361 e. The van der Waals surface area contributed by atoms with Gasteiger partial charge in [-0.25, -0.2) is 0 Å². The van der Waals surface area contributed by atoms with Crippen LogP contribution in [0.3, 0.4) is 0 Å². The predicted molar refractivity (Wildman–Crippen MR) is 182 cm³/mol. The van der Waals surface area contributed by atoms with Crippen molar-refractivity contribution in [1.82, 2.24) is 26.3 Å². The Hall–Kier alpha value is -4.16. The lowest BCUT2D eigenvalue weighted by molar-refractivity contribution is -0.134. The van der Waals surface area contributed by atoms with Crippen molar-refractivity contribution >= 4 is 53.4 Å². The average molecular weight is 650 g/mol. The van der Waals surface area contributed by atoms with Crippen LogP contribution in [0, 0.1) is 11.8 Å². The van der Waals surface area contributed by atoms with E-state index in [1.165, 1.54) is 0 Å². The third kappa shape index (κ3) is 9.92. The van der Waals surface area contributed by atoms with Crippen LogP contribution in [-0.2, 0) is 36.8 Å². The molecule has 0 unspecified atom stereocenters. The number of thiol groups is 1. The second-order valence-electron chi connectivity index (χ2n) is 11.9. The smallest absolute Gasteiger partial charge is 0.244 e. The minimum absolute atomic E-state index is 0.0757. The van der Waals surface area contributed by atoms with Crippen molar-refractivity contribution in [1.29, 1.82) is 0 Å². The summed E-state index contributed by atoms with van der Waals surface area (Å²) in [4.78, 5) is 68.2. The van der Waals surface area contributed by atoms with E-state index < -0.39 is 53.8 Å². The highest BCUT2D eigenvalue weighted by Gasteiger charge is 2.32. The maximum atomic E-state index is 13.6. The summed E-state index contributed by atoms with van der Waals surface area (Å²) in [6.45, 7) is 7.32. The normalized spacial score (nSPS) is 15.2. The van der Waals surface area contributed by atoms with E-state index in [0.29, 0.717) is 6.42 Å². The van der Waals surface area contributed by atoms with Crippen molar-refractivity contribution in [2.24, 2.45) is 17.6 Å². The highest BCUT2D eigenvalue weighted by Crippen LogP contribution is 2.19. The molecule has 0 bridgehead atoms. The number of benzene rings is 2. The first kappa shape index (κ1) is 36.3. The first-order valence-corrected chi connectivity index (χ1v) is 16.2. The lowest BCUT2D eigenvalue weighted by Gasteiger charge is -2.28. The first-order chi connectivity index (χ1) is 22.0. The molecule has 0 fully saturated rings. The highest BCUT2D eigenvalue weighted by atomic mass is 32.1. The van der Waals surface area contributed by atoms with Crippen molar-refractivity contribution in [3.63, 3.8) is 0 Å². The summed E-state index contributed by atoms with van der Waals surface area (Å²) in [6.07, 6.45) is 4.71. The number of fused-ring (bicyclic) bond motifs is 1. The first-order valence-electron chi connectivity index (χ1n) is 15.5. The summed E-state index contributed by atoms with van der Waals surface area (Å²) in [5.41, 5.74) is 8.58. The number of carbonyl (C=O) groups excluding carboxylic acids is 5. The van der Waals surface area contributed by atoms with Gasteiger partial charge in [0.25, 0.3) is 0 Å². The number of amides is 4. The van der Waals surface area contributed by atoms with Gasteiger partial charge in [0.15, 0.2) is 0 Å². The summed E-state index contributed by atoms with van der Waals surface area (Å²) < 4.78 is 0. The maximum Gasteiger partial charge on any atom is 0.244 e. The molecular weight excluding hydrogens is 604 g/mol. The van der Waals surface area contributed by atoms with Crippen LogP contribution < -0.4 is 27.0 Å². The lowest BCUT2D eigenvalue weighted by Crippen LogP contribution is -2.60. The van der Waals surface area contributed by atoms with E-state index in [9.17, 15) is 24.0 Å². The van der Waals surface area contributed by atoms with Crippen molar-refractivity contribution in [2.45, 2.75) is 77.2 Å². The van der Waals surface area contributed by atoms with E-state index in [0.717, 1.165) is 22.0 Å². The summed E-state index contributed by atoms with van der Waals surface area (Å²) >= 11 is 4.28. The van der Waals surface area contributed by atoms with Gasteiger partial charge in [-0.15, -0.1) is 0 Å². The molecule has 3 rings (SSSR count). The molecule has 247 valence electrons. The van der Waals surface area contributed by atoms with Crippen LogP contribution in [0.4, 0.5) is 0 Å². The van der Waals surface area contributed by atoms with E-state index in [1.807, 2.05) is 74.7 Å². The van der Waals surface area contributed by atoms with Crippen LogP contribution in [0.5, 0.6) is 0 Å². The fraction of sp³-hybridized carbons (Fsp3) is 0.441. The molecule has 4 amide bonds. The molecule has 0 aliphatic heterocycles. The Morgan fingerprint density at radius 2 is 1.46 bits per heavy atom. The molecule has 0 aliphatic rings. The monoisotopic (exact) mass is 649 g/mol. The molecule has 11 nitrogen and oxygen atoms in total. The quantitative estimate of drug-likeness (QED) is 0.110. The molecule has 7 N–H and O–H groups in total. The van der Waals surface area contributed by atoms with Gasteiger partial charge in [0, 0.05) is 35.7 Å². The average Bonchev–Trinajstić information content (AvgIpc) is 3.47. The molecule has 3 aromatic rings. The number of nitrogens with two attached hydrogens (primary N) is 1. The summed E-state index contributed by atoms with van der Waals surface area (Å²) in [5, 5.41) is 11.7.